The number of benzene rings is 1. The number of hydrogen-bond acceptors (Lipinski definition) is 6. The molecule has 6 nitrogen and oxygen atoms in total. The number of aryl methyl sites for hydroxylation is 2. The molecule has 1 saturated heterocycles. The van der Waals surface area contributed by atoms with Crippen LogP contribution in [0.15, 0.2) is 30.6 Å². The molecular formula is C23H29N5OS. The van der Waals surface area contributed by atoms with Gasteiger partial charge in [0.25, 0.3) is 5.91 Å². The van der Waals surface area contributed by atoms with Crippen molar-refractivity contribution >= 4 is 39.0 Å². The van der Waals surface area contributed by atoms with Crippen LogP contribution in [0.4, 0.5) is 11.5 Å². The minimum atomic E-state index is -0.0810. The number of fused-ring (bicyclic) bond motifs is 1. The van der Waals surface area contributed by atoms with Crippen molar-refractivity contribution in [2.45, 2.75) is 33.6 Å². The first kappa shape index (κ1) is 20.8. The predicted octanol–water partition coefficient (Wildman–Crippen LogP) is 4.35. The van der Waals surface area contributed by atoms with Crippen LogP contribution < -0.4 is 10.2 Å². The van der Waals surface area contributed by atoms with Crippen molar-refractivity contribution in [2.75, 3.05) is 42.9 Å². The van der Waals surface area contributed by atoms with E-state index < -0.39 is 0 Å². The molecule has 0 bridgehead atoms. The topological polar surface area (TPSA) is 61.4 Å². The molecule has 1 aliphatic rings. The van der Waals surface area contributed by atoms with E-state index in [-0.39, 0.29) is 5.91 Å². The summed E-state index contributed by atoms with van der Waals surface area (Å²) in [6.07, 6.45) is 3.75. The number of carbonyl (C=O) groups is 1. The second-order valence-corrected chi connectivity index (χ2v) is 8.77. The van der Waals surface area contributed by atoms with Crippen molar-refractivity contribution < 1.29 is 4.79 Å². The van der Waals surface area contributed by atoms with E-state index in [0.29, 0.717) is 4.88 Å². The number of hydrogen-bond donors (Lipinski definition) is 1. The van der Waals surface area contributed by atoms with Gasteiger partial charge in [-0.2, -0.15) is 0 Å². The number of piperazine rings is 1. The van der Waals surface area contributed by atoms with Crippen LogP contribution in [0.25, 0.3) is 10.2 Å². The third-order valence-corrected chi connectivity index (χ3v) is 6.92. The molecule has 1 amide bonds. The van der Waals surface area contributed by atoms with Crippen molar-refractivity contribution in [2.24, 2.45) is 0 Å². The number of carbonyl (C=O) groups excluding carboxylic acids is 1. The molecule has 0 unspecified atom stereocenters. The summed E-state index contributed by atoms with van der Waals surface area (Å²) in [5, 5.41) is 4.07. The minimum absolute atomic E-state index is 0.0810. The molecule has 2 aromatic heterocycles. The van der Waals surface area contributed by atoms with Gasteiger partial charge < -0.3 is 10.2 Å². The maximum Gasteiger partial charge on any atom is 0.266 e. The predicted molar refractivity (Wildman–Crippen MR) is 125 cm³/mol. The van der Waals surface area contributed by atoms with Gasteiger partial charge in [-0.05, 0) is 49.6 Å². The summed E-state index contributed by atoms with van der Waals surface area (Å²) in [7, 11) is 0. The van der Waals surface area contributed by atoms with Gasteiger partial charge >= 0.3 is 0 Å². The van der Waals surface area contributed by atoms with Gasteiger partial charge in [0.2, 0.25) is 0 Å². The fourth-order valence-corrected chi connectivity index (χ4v) is 5.10. The Hall–Kier alpha value is -2.51. The molecular weight excluding hydrogens is 394 g/mol. The van der Waals surface area contributed by atoms with Gasteiger partial charge in [-0.3, -0.25) is 9.69 Å². The van der Waals surface area contributed by atoms with E-state index in [2.05, 4.69) is 45.0 Å². The third-order valence-electron chi connectivity index (χ3n) is 5.72. The molecule has 0 radical (unpaired) electrons. The SMILES string of the molecule is CCCN1CCN(c2ncnc3sc(C(=O)Nc4cccc(CC)c4)c(C)c23)CC1. The van der Waals surface area contributed by atoms with Crippen molar-refractivity contribution in [1.82, 2.24) is 14.9 Å². The fourth-order valence-electron chi connectivity index (χ4n) is 4.07. The monoisotopic (exact) mass is 423 g/mol. The van der Waals surface area contributed by atoms with E-state index in [1.807, 2.05) is 25.1 Å². The van der Waals surface area contributed by atoms with Crippen LogP contribution in [-0.2, 0) is 6.42 Å². The minimum Gasteiger partial charge on any atom is -0.353 e. The van der Waals surface area contributed by atoms with Gasteiger partial charge in [0.1, 0.15) is 17.0 Å². The van der Waals surface area contributed by atoms with Crippen LogP contribution in [-0.4, -0.2) is 53.5 Å². The molecule has 4 rings (SSSR count). The maximum atomic E-state index is 13.0. The first-order valence-corrected chi connectivity index (χ1v) is 11.5. The van der Waals surface area contributed by atoms with Gasteiger partial charge in [0, 0.05) is 31.9 Å². The second kappa shape index (κ2) is 9.10. The van der Waals surface area contributed by atoms with Crippen LogP contribution in [0.5, 0.6) is 0 Å². The Morgan fingerprint density at radius 2 is 1.97 bits per heavy atom. The van der Waals surface area contributed by atoms with E-state index in [4.69, 9.17) is 0 Å². The summed E-state index contributed by atoms with van der Waals surface area (Å²) < 4.78 is 0. The molecule has 3 heterocycles. The zero-order chi connectivity index (χ0) is 21.1. The van der Waals surface area contributed by atoms with Gasteiger partial charge in [-0.25, -0.2) is 9.97 Å². The van der Waals surface area contributed by atoms with Crippen molar-refractivity contribution in [3.05, 3.63) is 46.6 Å². The average Bonchev–Trinajstić information content (AvgIpc) is 3.11. The molecule has 1 fully saturated rings. The molecule has 3 aromatic rings. The summed E-state index contributed by atoms with van der Waals surface area (Å²) in [5.41, 5.74) is 3.00. The van der Waals surface area contributed by atoms with Crippen LogP contribution >= 0.6 is 11.3 Å². The Morgan fingerprint density at radius 3 is 2.70 bits per heavy atom. The third kappa shape index (κ3) is 4.18. The van der Waals surface area contributed by atoms with E-state index >= 15 is 0 Å². The maximum absolute atomic E-state index is 13.0. The number of anilines is 2. The van der Waals surface area contributed by atoms with Crippen LogP contribution in [0.2, 0.25) is 0 Å². The first-order valence-electron chi connectivity index (χ1n) is 10.7. The molecule has 7 heteroatoms. The molecule has 0 atom stereocenters. The highest BCUT2D eigenvalue weighted by Gasteiger charge is 2.24. The molecule has 30 heavy (non-hydrogen) atoms. The molecule has 0 aliphatic carbocycles. The zero-order valence-electron chi connectivity index (χ0n) is 17.9. The summed E-state index contributed by atoms with van der Waals surface area (Å²) in [6, 6.07) is 8.01. The fraction of sp³-hybridized carbons (Fsp3) is 0.435. The highest BCUT2D eigenvalue weighted by Crippen LogP contribution is 2.35. The number of nitrogens with one attached hydrogen (secondary N) is 1. The normalized spacial score (nSPS) is 15.0. The number of nitrogens with zero attached hydrogens (tertiary/aromatic N) is 4. The summed E-state index contributed by atoms with van der Waals surface area (Å²) in [4.78, 5) is 28.5. The number of amides is 1. The molecule has 1 aliphatic heterocycles. The molecule has 0 saturated carbocycles. The Morgan fingerprint density at radius 1 is 1.17 bits per heavy atom. The lowest BCUT2D eigenvalue weighted by atomic mass is 10.1. The molecule has 1 aromatic carbocycles. The Labute approximate surface area is 181 Å². The van der Waals surface area contributed by atoms with Crippen LogP contribution in [0.1, 0.15) is 41.1 Å². The van der Waals surface area contributed by atoms with Gasteiger partial charge in [0.05, 0.1) is 10.3 Å². The summed E-state index contributed by atoms with van der Waals surface area (Å²) >= 11 is 1.45. The molecule has 0 spiro atoms. The Kier molecular flexibility index (Phi) is 6.29. The number of aromatic nitrogens is 2. The smallest absolute Gasteiger partial charge is 0.266 e. The highest BCUT2D eigenvalue weighted by molar-refractivity contribution is 7.20. The lowest BCUT2D eigenvalue weighted by molar-refractivity contribution is 0.103. The van der Waals surface area contributed by atoms with Crippen molar-refractivity contribution in [3.63, 3.8) is 0 Å². The number of rotatable bonds is 6. The molecule has 1 N–H and O–H groups in total. The standard InChI is InChI=1S/C23H29N5OS/c1-4-9-27-10-12-28(13-11-27)21-19-16(3)20(30-23(19)25-15-24-21)22(29)26-18-8-6-7-17(5-2)14-18/h6-8,14-15H,4-5,9-13H2,1-3H3,(H,26,29). The summed E-state index contributed by atoms with van der Waals surface area (Å²) in [5.74, 6) is 0.874. The van der Waals surface area contributed by atoms with Crippen molar-refractivity contribution in [3.8, 4) is 0 Å². The Balaban J connectivity index is 1.59. The highest BCUT2D eigenvalue weighted by atomic mass is 32.1. The summed E-state index contributed by atoms with van der Waals surface area (Å²) in [6.45, 7) is 11.5. The Bertz CT molecular complexity index is 1040. The van der Waals surface area contributed by atoms with E-state index in [0.717, 1.165) is 66.4 Å². The van der Waals surface area contributed by atoms with E-state index in [1.54, 1.807) is 6.33 Å². The van der Waals surface area contributed by atoms with E-state index in [1.165, 1.54) is 23.3 Å². The first-order chi connectivity index (χ1) is 14.6. The number of thiophene rings is 1. The lowest BCUT2D eigenvalue weighted by Gasteiger charge is -2.35. The molecule has 158 valence electrons. The van der Waals surface area contributed by atoms with Gasteiger partial charge in [-0.1, -0.05) is 26.0 Å². The average molecular weight is 424 g/mol. The van der Waals surface area contributed by atoms with Crippen molar-refractivity contribution in [1.29, 1.82) is 0 Å². The van der Waals surface area contributed by atoms with Gasteiger partial charge in [0.15, 0.2) is 0 Å². The second-order valence-electron chi connectivity index (χ2n) is 7.77. The van der Waals surface area contributed by atoms with Crippen LogP contribution in [0, 0.1) is 6.92 Å². The van der Waals surface area contributed by atoms with Gasteiger partial charge in [-0.15, -0.1) is 11.3 Å². The van der Waals surface area contributed by atoms with Crippen LogP contribution in [0.3, 0.4) is 0 Å². The largest absolute Gasteiger partial charge is 0.353 e. The zero-order valence-corrected chi connectivity index (χ0v) is 18.8. The van der Waals surface area contributed by atoms with E-state index in [9.17, 15) is 4.79 Å². The quantitative estimate of drug-likeness (QED) is 0.639. The lowest BCUT2D eigenvalue weighted by Crippen LogP contribution is -2.46.